The summed E-state index contributed by atoms with van der Waals surface area (Å²) < 4.78 is 7.66. The van der Waals surface area contributed by atoms with Gasteiger partial charge in [-0.1, -0.05) is 27.5 Å². The second-order valence-corrected chi connectivity index (χ2v) is 6.10. The summed E-state index contributed by atoms with van der Waals surface area (Å²) in [4.78, 5) is 4.36. The third-order valence-electron chi connectivity index (χ3n) is 2.62. The van der Waals surface area contributed by atoms with Gasteiger partial charge in [-0.3, -0.25) is 0 Å². The van der Waals surface area contributed by atoms with Crippen LogP contribution in [0.1, 0.15) is 6.42 Å². The van der Waals surface area contributed by atoms with E-state index in [4.69, 9.17) is 16.3 Å². The van der Waals surface area contributed by atoms with Crippen molar-refractivity contribution in [2.45, 2.75) is 6.42 Å². The molecule has 0 saturated heterocycles. The topological polar surface area (TPSA) is 34.1 Å². The number of nitrogens with zero attached hydrogens (tertiary/aromatic N) is 1. The number of hydrogen-bond donors (Lipinski definition) is 1. The molecule has 0 bridgehead atoms. The molecule has 1 heterocycles. The molecule has 102 valence electrons. The molecule has 2 aromatic rings. The number of benzene rings is 1. The lowest BCUT2D eigenvalue weighted by molar-refractivity contribution is 0.311. The van der Waals surface area contributed by atoms with Gasteiger partial charge in [0.1, 0.15) is 10.7 Å². The molecule has 1 aromatic heterocycles. The highest BCUT2D eigenvalue weighted by molar-refractivity contribution is 9.11. The fourth-order valence-corrected chi connectivity index (χ4v) is 3.26. The molecule has 1 aromatic carbocycles. The smallest absolute Gasteiger partial charge is 0.159 e. The Balaban J connectivity index is 2.38. The minimum Gasteiger partial charge on any atom is -0.490 e. The summed E-state index contributed by atoms with van der Waals surface area (Å²) in [6.45, 7) is 1.55. The summed E-state index contributed by atoms with van der Waals surface area (Å²) in [7, 11) is 1.92. The zero-order chi connectivity index (χ0) is 13.8. The van der Waals surface area contributed by atoms with Crippen LogP contribution in [0.25, 0.3) is 10.9 Å². The van der Waals surface area contributed by atoms with Gasteiger partial charge < -0.3 is 10.1 Å². The van der Waals surface area contributed by atoms with E-state index in [2.05, 4.69) is 42.2 Å². The third-order valence-corrected chi connectivity index (χ3v) is 4.08. The van der Waals surface area contributed by atoms with Crippen LogP contribution in [-0.2, 0) is 0 Å². The second-order valence-electron chi connectivity index (χ2n) is 4.01. The fraction of sp³-hybridized carbons (Fsp3) is 0.308. The molecule has 0 amide bonds. The molecule has 3 nitrogen and oxygen atoms in total. The maximum Gasteiger partial charge on any atom is 0.159 e. The van der Waals surface area contributed by atoms with Gasteiger partial charge in [-0.15, -0.1) is 0 Å². The summed E-state index contributed by atoms with van der Waals surface area (Å²) in [5.74, 6) is 0.733. The van der Waals surface area contributed by atoms with E-state index in [-0.39, 0.29) is 0 Å². The number of pyridine rings is 1. The molecule has 0 aliphatic heterocycles. The van der Waals surface area contributed by atoms with Crippen molar-refractivity contribution in [1.82, 2.24) is 10.3 Å². The molecule has 0 spiro atoms. The van der Waals surface area contributed by atoms with Crippen molar-refractivity contribution in [1.29, 1.82) is 0 Å². The van der Waals surface area contributed by atoms with Crippen molar-refractivity contribution in [3.05, 3.63) is 32.3 Å². The minimum absolute atomic E-state index is 0.456. The quantitative estimate of drug-likeness (QED) is 0.588. The van der Waals surface area contributed by atoms with Crippen LogP contribution in [0.5, 0.6) is 5.75 Å². The summed E-state index contributed by atoms with van der Waals surface area (Å²) in [6, 6.07) is 5.67. The standard InChI is InChI=1S/C13H13Br2ClN2O/c1-17-5-2-6-19-13-10(15)7-9(14)8-3-4-11(16)18-12(8)13/h3-4,7,17H,2,5-6H2,1H3. The zero-order valence-electron chi connectivity index (χ0n) is 10.3. The summed E-state index contributed by atoms with van der Waals surface area (Å²) in [5.41, 5.74) is 0.762. The van der Waals surface area contributed by atoms with Crippen molar-refractivity contribution >= 4 is 54.4 Å². The van der Waals surface area contributed by atoms with Crippen LogP contribution in [0.15, 0.2) is 27.1 Å². The van der Waals surface area contributed by atoms with Gasteiger partial charge in [0.15, 0.2) is 5.75 Å². The average molecular weight is 409 g/mol. The summed E-state index contributed by atoms with van der Waals surface area (Å²) >= 11 is 13.0. The van der Waals surface area contributed by atoms with Crippen molar-refractivity contribution in [3.8, 4) is 5.75 Å². The molecule has 0 radical (unpaired) electrons. The number of halogens is 3. The van der Waals surface area contributed by atoms with Gasteiger partial charge in [-0.2, -0.15) is 0 Å². The van der Waals surface area contributed by atoms with Crippen molar-refractivity contribution in [3.63, 3.8) is 0 Å². The van der Waals surface area contributed by atoms with E-state index in [0.717, 1.165) is 38.6 Å². The van der Waals surface area contributed by atoms with Crippen molar-refractivity contribution in [2.24, 2.45) is 0 Å². The minimum atomic E-state index is 0.456. The monoisotopic (exact) mass is 406 g/mol. The Kier molecular flexibility index (Phi) is 5.45. The van der Waals surface area contributed by atoms with Gasteiger partial charge in [0.25, 0.3) is 0 Å². The number of fused-ring (bicyclic) bond motifs is 1. The van der Waals surface area contributed by atoms with E-state index in [9.17, 15) is 0 Å². The lowest BCUT2D eigenvalue weighted by Crippen LogP contribution is -2.11. The second kappa shape index (κ2) is 6.88. The molecule has 0 fully saturated rings. The van der Waals surface area contributed by atoms with Gasteiger partial charge in [-0.25, -0.2) is 4.98 Å². The SMILES string of the molecule is CNCCCOc1c(Br)cc(Br)c2ccc(Cl)nc12. The van der Waals surface area contributed by atoms with Crippen molar-refractivity contribution < 1.29 is 4.74 Å². The van der Waals surface area contributed by atoms with Crippen LogP contribution in [-0.4, -0.2) is 25.2 Å². The highest BCUT2D eigenvalue weighted by Gasteiger charge is 2.12. The molecule has 0 saturated carbocycles. The van der Waals surface area contributed by atoms with E-state index < -0.39 is 0 Å². The molecule has 6 heteroatoms. The molecular formula is C13H13Br2ClN2O. The predicted octanol–water partition coefficient (Wildman–Crippen LogP) is 4.40. The lowest BCUT2D eigenvalue weighted by Gasteiger charge is -2.12. The largest absolute Gasteiger partial charge is 0.490 e. The maximum atomic E-state index is 5.97. The Bertz CT molecular complexity index is 592. The lowest BCUT2D eigenvalue weighted by atomic mass is 10.2. The molecule has 0 atom stereocenters. The van der Waals surface area contributed by atoms with Crippen LogP contribution < -0.4 is 10.1 Å². The molecular weight excluding hydrogens is 395 g/mol. The number of hydrogen-bond acceptors (Lipinski definition) is 3. The molecule has 2 rings (SSSR count). The summed E-state index contributed by atoms with van der Waals surface area (Å²) in [6.07, 6.45) is 0.932. The van der Waals surface area contributed by atoms with Crippen LogP contribution in [0, 0.1) is 0 Å². The fourth-order valence-electron chi connectivity index (χ4n) is 1.73. The van der Waals surface area contributed by atoms with Gasteiger partial charge in [0.2, 0.25) is 0 Å². The van der Waals surface area contributed by atoms with E-state index in [1.165, 1.54) is 0 Å². The number of nitrogens with one attached hydrogen (secondary N) is 1. The Morgan fingerprint density at radius 1 is 1.32 bits per heavy atom. The highest BCUT2D eigenvalue weighted by atomic mass is 79.9. The zero-order valence-corrected chi connectivity index (χ0v) is 14.3. The Hall–Kier alpha value is -0.360. The first-order valence-corrected chi connectivity index (χ1v) is 7.81. The molecule has 19 heavy (non-hydrogen) atoms. The normalized spacial score (nSPS) is 10.9. The Morgan fingerprint density at radius 3 is 2.84 bits per heavy atom. The Morgan fingerprint density at radius 2 is 2.11 bits per heavy atom. The third kappa shape index (κ3) is 3.60. The number of ether oxygens (including phenoxy) is 1. The van der Waals surface area contributed by atoms with Gasteiger partial charge in [0.05, 0.1) is 11.1 Å². The molecule has 1 N–H and O–H groups in total. The predicted molar refractivity (Wildman–Crippen MR) is 86.2 cm³/mol. The molecule has 0 unspecified atom stereocenters. The summed E-state index contributed by atoms with van der Waals surface area (Å²) in [5, 5.41) is 4.53. The first-order chi connectivity index (χ1) is 9.13. The van der Waals surface area contributed by atoms with Crippen LogP contribution in [0.2, 0.25) is 5.15 Å². The molecule has 0 aliphatic carbocycles. The average Bonchev–Trinajstić information content (AvgIpc) is 2.37. The van der Waals surface area contributed by atoms with Gasteiger partial charge in [-0.05, 0) is 54.1 Å². The van der Waals surface area contributed by atoms with E-state index in [1.807, 2.05) is 19.2 Å². The van der Waals surface area contributed by atoms with Crippen molar-refractivity contribution in [2.75, 3.05) is 20.2 Å². The molecule has 0 aliphatic rings. The highest BCUT2D eigenvalue weighted by Crippen LogP contribution is 2.38. The van der Waals surface area contributed by atoms with Gasteiger partial charge >= 0.3 is 0 Å². The Labute approximate surface area is 133 Å². The van der Waals surface area contributed by atoms with Crippen LogP contribution >= 0.6 is 43.5 Å². The van der Waals surface area contributed by atoms with Crippen LogP contribution in [0.3, 0.4) is 0 Å². The van der Waals surface area contributed by atoms with E-state index >= 15 is 0 Å². The maximum absolute atomic E-state index is 5.97. The van der Waals surface area contributed by atoms with E-state index in [1.54, 1.807) is 6.07 Å². The van der Waals surface area contributed by atoms with E-state index in [0.29, 0.717) is 11.8 Å². The number of aromatic nitrogens is 1. The first-order valence-electron chi connectivity index (χ1n) is 5.85. The number of rotatable bonds is 5. The van der Waals surface area contributed by atoms with Crippen LogP contribution in [0.4, 0.5) is 0 Å². The van der Waals surface area contributed by atoms with Gasteiger partial charge in [0, 0.05) is 9.86 Å². The first kappa shape index (κ1) is 15.0.